The van der Waals surface area contributed by atoms with E-state index in [1.54, 1.807) is 6.92 Å². The molecule has 1 aromatic heterocycles. The van der Waals surface area contributed by atoms with Crippen molar-refractivity contribution in [2.45, 2.75) is 77.3 Å². The van der Waals surface area contributed by atoms with E-state index in [-0.39, 0.29) is 5.91 Å². The van der Waals surface area contributed by atoms with Crippen LogP contribution in [-0.4, -0.2) is 45.3 Å². The maximum atomic E-state index is 11.6. The molecule has 2 fully saturated rings. The Bertz CT molecular complexity index is 641. The molecule has 0 N–H and O–H groups in total. The number of rotatable bonds is 3. The van der Waals surface area contributed by atoms with E-state index in [1.165, 1.54) is 64.5 Å². The van der Waals surface area contributed by atoms with Gasteiger partial charge in [0.15, 0.2) is 0 Å². The van der Waals surface area contributed by atoms with Crippen molar-refractivity contribution in [3.8, 4) is 0 Å². The summed E-state index contributed by atoms with van der Waals surface area (Å²) in [5, 5.41) is 0. The molecule has 142 valence electrons. The highest BCUT2D eigenvalue weighted by molar-refractivity contribution is 5.73. The molecular formula is C21H32N4O. The normalized spacial score (nSPS) is 25.1. The zero-order valence-electron chi connectivity index (χ0n) is 16.1. The molecule has 1 unspecified atom stereocenters. The third-order valence-corrected chi connectivity index (χ3v) is 6.53. The molecule has 4 rings (SSSR count). The molecule has 0 radical (unpaired) electrons. The topological polar surface area (TPSA) is 49.3 Å². The van der Waals surface area contributed by atoms with Crippen LogP contribution < -0.4 is 0 Å². The smallest absolute Gasteiger partial charge is 0.219 e. The van der Waals surface area contributed by atoms with E-state index in [9.17, 15) is 4.79 Å². The van der Waals surface area contributed by atoms with Crippen molar-refractivity contribution in [1.82, 2.24) is 19.8 Å². The summed E-state index contributed by atoms with van der Waals surface area (Å²) in [6.45, 7) is 5.52. The van der Waals surface area contributed by atoms with Gasteiger partial charge in [0.1, 0.15) is 5.82 Å². The molecule has 5 nitrogen and oxygen atoms in total. The quantitative estimate of drug-likeness (QED) is 0.832. The summed E-state index contributed by atoms with van der Waals surface area (Å²) in [4.78, 5) is 25.9. The van der Waals surface area contributed by atoms with Crippen LogP contribution in [0.15, 0.2) is 6.20 Å². The fraction of sp³-hybridized carbons (Fsp3) is 0.762. The lowest BCUT2D eigenvalue weighted by molar-refractivity contribution is -0.129. The van der Waals surface area contributed by atoms with Crippen molar-refractivity contribution in [3.05, 3.63) is 23.3 Å². The average Bonchev–Trinajstić information content (AvgIpc) is 2.68. The molecule has 0 spiro atoms. The van der Waals surface area contributed by atoms with E-state index in [0.29, 0.717) is 12.6 Å². The molecule has 1 amide bonds. The van der Waals surface area contributed by atoms with Crippen LogP contribution in [0.25, 0.3) is 0 Å². The van der Waals surface area contributed by atoms with Crippen molar-refractivity contribution >= 4 is 5.91 Å². The summed E-state index contributed by atoms with van der Waals surface area (Å²) in [6.07, 6.45) is 13.7. The molecule has 26 heavy (non-hydrogen) atoms. The minimum Gasteiger partial charge on any atom is -0.338 e. The third-order valence-electron chi connectivity index (χ3n) is 6.53. The highest BCUT2D eigenvalue weighted by Crippen LogP contribution is 2.33. The van der Waals surface area contributed by atoms with Gasteiger partial charge in [-0.15, -0.1) is 0 Å². The number of amides is 1. The molecule has 1 aromatic rings. The van der Waals surface area contributed by atoms with Crippen LogP contribution in [0.2, 0.25) is 0 Å². The van der Waals surface area contributed by atoms with Crippen LogP contribution in [0.3, 0.4) is 0 Å². The van der Waals surface area contributed by atoms with E-state index >= 15 is 0 Å². The van der Waals surface area contributed by atoms with Crippen molar-refractivity contribution in [2.75, 3.05) is 19.6 Å². The molecule has 1 saturated heterocycles. The zero-order chi connectivity index (χ0) is 17.9. The Labute approximate surface area is 157 Å². The van der Waals surface area contributed by atoms with Crippen LogP contribution in [-0.2, 0) is 17.8 Å². The number of fused-ring (bicyclic) bond motifs is 1. The second-order valence-corrected chi connectivity index (χ2v) is 8.40. The fourth-order valence-corrected chi connectivity index (χ4v) is 4.96. The van der Waals surface area contributed by atoms with Crippen LogP contribution in [0.4, 0.5) is 0 Å². The lowest BCUT2D eigenvalue weighted by Crippen LogP contribution is -2.39. The van der Waals surface area contributed by atoms with Gasteiger partial charge < -0.3 is 4.90 Å². The Hall–Kier alpha value is -1.49. The SMILES string of the molecule is CC(=O)N1CCc2nc(C3CCCCN3CC3CCCCC3)ncc2C1. The first-order chi connectivity index (χ1) is 12.7. The Balaban J connectivity index is 1.48. The predicted molar refractivity (Wildman–Crippen MR) is 102 cm³/mol. The van der Waals surface area contributed by atoms with E-state index in [2.05, 4.69) is 4.90 Å². The Morgan fingerprint density at radius 3 is 2.73 bits per heavy atom. The monoisotopic (exact) mass is 356 g/mol. The molecule has 1 atom stereocenters. The average molecular weight is 357 g/mol. The van der Waals surface area contributed by atoms with Crippen LogP contribution in [0.5, 0.6) is 0 Å². The van der Waals surface area contributed by atoms with Gasteiger partial charge in [0, 0.05) is 44.7 Å². The van der Waals surface area contributed by atoms with Crippen molar-refractivity contribution in [3.63, 3.8) is 0 Å². The van der Waals surface area contributed by atoms with Crippen molar-refractivity contribution in [1.29, 1.82) is 0 Å². The highest BCUT2D eigenvalue weighted by atomic mass is 16.2. The van der Waals surface area contributed by atoms with Crippen molar-refractivity contribution < 1.29 is 4.79 Å². The summed E-state index contributed by atoms with van der Waals surface area (Å²) in [7, 11) is 0. The summed E-state index contributed by atoms with van der Waals surface area (Å²) in [5.74, 6) is 2.03. The van der Waals surface area contributed by atoms with Gasteiger partial charge in [-0.1, -0.05) is 25.7 Å². The lowest BCUT2D eigenvalue weighted by Gasteiger charge is -2.38. The minimum absolute atomic E-state index is 0.144. The number of carbonyl (C=O) groups is 1. The molecule has 1 saturated carbocycles. The van der Waals surface area contributed by atoms with Gasteiger partial charge in [-0.05, 0) is 38.1 Å². The number of likely N-dealkylation sites (tertiary alicyclic amines) is 1. The predicted octanol–water partition coefficient (Wildman–Crippen LogP) is 3.49. The summed E-state index contributed by atoms with van der Waals surface area (Å²) >= 11 is 0. The van der Waals surface area contributed by atoms with Gasteiger partial charge in [-0.2, -0.15) is 0 Å². The molecule has 1 aliphatic carbocycles. The number of hydrogen-bond donors (Lipinski definition) is 0. The summed E-state index contributed by atoms with van der Waals surface area (Å²) in [6, 6.07) is 0.391. The number of aromatic nitrogens is 2. The number of hydrogen-bond acceptors (Lipinski definition) is 4. The molecule has 0 bridgehead atoms. The summed E-state index contributed by atoms with van der Waals surface area (Å²) < 4.78 is 0. The Kier molecular flexibility index (Phi) is 5.53. The summed E-state index contributed by atoms with van der Waals surface area (Å²) in [5.41, 5.74) is 2.29. The van der Waals surface area contributed by atoms with E-state index in [4.69, 9.17) is 9.97 Å². The molecule has 3 aliphatic rings. The maximum absolute atomic E-state index is 11.6. The molecule has 3 heterocycles. The van der Waals surface area contributed by atoms with Gasteiger partial charge in [0.25, 0.3) is 0 Å². The zero-order valence-corrected chi connectivity index (χ0v) is 16.1. The van der Waals surface area contributed by atoms with E-state index in [1.807, 2.05) is 11.1 Å². The van der Waals surface area contributed by atoms with Crippen LogP contribution >= 0.6 is 0 Å². The van der Waals surface area contributed by atoms with E-state index < -0.39 is 0 Å². The highest BCUT2D eigenvalue weighted by Gasteiger charge is 2.30. The first-order valence-corrected chi connectivity index (χ1v) is 10.5. The van der Waals surface area contributed by atoms with E-state index in [0.717, 1.165) is 36.0 Å². The van der Waals surface area contributed by atoms with Crippen LogP contribution in [0.1, 0.15) is 81.4 Å². The Morgan fingerprint density at radius 2 is 1.92 bits per heavy atom. The first-order valence-electron chi connectivity index (χ1n) is 10.5. The second-order valence-electron chi connectivity index (χ2n) is 8.40. The number of nitrogens with zero attached hydrogens (tertiary/aromatic N) is 4. The first kappa shape index (κ1) is 17.9. The van der Waals surface area contributed by atoms with Gasteiger partial charge >= 0.3 is 0 Å². The molecule has 0 aromatic carbocycles. The molecule has 5 heteroatoms. The second kappa shape index (κ2) is 8.03. The third kappa shape index (κ3) is 3.93. The van der Waals surface area contributed by atoms with Crippen LogP contribution in [0, 0.1) is 5.92 Å². The number of carbonyl (C=O) groups excluding carboxylic acids is 1. The van der Waals surface area contributed by atoms with Crippen molar-refractivity contribution in [2.24, 2.45) is 5.92 Å². The van der Waals surface area contributed by atoms with Gasteiger partial charge in [0.2, 0.25) is 5.91 Å². The number of piperidine rings is 1. The van der Waals surface area contributed by atoms with Gasteiger partial charge in [0.05, 0.1) is 11.7 Å². The Morgan fingerprint density at radius 1 is 1.12 bits per heavy atom. The molecular weight excluding hydrogens is 324 g/mol. The van der Waals surface area contributed by atoms with Gasteiger partial charge in [-0.3, -0.25) is 9.69 Å². The molecule has 2 aliphatic heterocycles. The fourth-order valence-electron chi connectivity index (χ4n) is 4.96. The lowest BCUT2D eigenvalue weighted by atomic mass is 9.87. The largest absolute Gasteiger partial charge is 0.338 e. The van der Waals surface area contributed by atoms with Gasteiger partial charge in [-0.25, -0.2) is 9.97 Å². The maximum Gasteiger partial charge on any atom is 0.219 e. The standard InChI is InChI=1S/C21H32N4O/c1-16(26)24-12-10-19-18(15-24)13-22-21(23-19)20-9-5-6-11-25(20)14-17-7-3-2-4-8-17/h13,17,20H,2-12,14-15H2,1H3. The minimum atomic E-state index is 0.144.